The standard InChI is InChI=1S/C20H18N2O2S/c1-14-19(20(23)22(21-14)16-5-3-2-4-6-16)11-15-7-9-17(10-8-15)24-18-12-25-13-18/h2-11,18H,12-13H2,1H3/b19-11+. The zero-order valence-electron chi connectivity index (χ0n) is 13.9. The third-order valence-corrected chi connectivity index (χ3v) is 5.38. The van der Waals surface area contributed by atoms with E-state index in [0.29, 0.717) is 11.7 Å². The van der Waals surface area contributed by atoms with Gasteiger partial charge in [0, 0.05) is 11.5 Å². The van der Waals surface area contributed by atoms with Crippen molar-refractivity contribution in [2.24, 2.45) is 5.10 Å². The van der Waals surface area contributed by atoms with Crippen LogP contribution in [0, 0.1) is 0 Å². The molecule has 0 saturated carbocycles. The van der Waals surface area contributed by atoms with E-state index < -0.39 is 0 Å². The van der Waals surface area contributed by atoms with E-state index in [-0.39, 0.29) is 5.91 Å². The number of para-hydroxylation sites is 1. The van der Waals surface area contributed by atoms with Crippen molar-refractivity contribution in [3.63, 3.8) is 0 Å². The summed E-state index contributed by atoms with van der Waals surface area (Å²) in [4.78, 5) is 12.7. The van der Waals surface area contributed by atoms with E-state index in [1.165, 1.54) is 5.01 Å². The van der Waals surface area contributed by atoms with Gasteiger partial charge in [-0.25, -0.2) is 0 Å². The van der Waals surface area contributed by atoms with Crippen LogP contribution < -0.4 is 9.75 Å². The van der Waals surface area contributed by atoms with Crippen molar-refractivity contribution in [1.82, 2.24) is 0 Å². The molecule has 1 saturated heterocycles. The van der Waals surface area contributed by atoms with Crippen molar-refractivity contribution in [3.8, 4) is 5.75 Å². The minimum absolute atomic E-state index is 0.101. The Morgan fingerprint density at radius 3 is 2.48 bits per heavy atom. The lowest BCUT2D eigenvalue weighted by Gasteiger charge is -2.25. The molecule has 4 nitrogen and oxygen atoms in total. The van der Waals surface area contributed by atoms with Gasteiger partial charge in [0.25, 0.3) is 5.91 Å². The Hall–Kier alpha value is -2.53. The van der Waals surface area contributed by atoms with E-state index in [4.69, 9.17) is 4.74 Å². The molecule has 0 aliphatic carbocycles. The molecule has 0 spiro atoms. The second-order valence-corrected chi connectivity index (χ2v) is 7.12. The number of benzene rings is 2. The molecule has 2 aliphatic rings. The first kappa shape index (κ1) is 16.0. The minimum Gasteiger partial charge on any atom is -0.489 e. The fraction of sp³-hybridized carbons (Fsp3) is 0.200. The maximum absolute atomic E-state index is 12.7. The molecule has 0 N–H and O–H groups in total. The summed E-state index contributed by atoms with van der Waals surface area (Å²) in [7, 11) is 0. The van der Waals surface area contributed by atoms with Gasteiger partial charge in [-0.2, -0.15) is 21.9 Å². The fourth-order valence-corrected chi connectivity index (χ4v) is 3.28. The monoisotopic (exact) mass is 350 g/mol. The molecule has 0 radical (unpaired) electrons. The van der Waals surface area contributed by atoms with Gasteiger partial charge in [0.15, 0.2) is 0 Å². The number of anilines is 1. The highest BCUT2D eigenvalue weighted by Crippen LogP contribution is 2.26. The number of amides is 1. The molecular formula is C20H18N2O2S. The molecule has 126 valence electrons. The van der Waals surface area contributed by atoms with Gasteiger partial charge in [0.1, 0.15) is 11.9 Å². The lowest BCUT2D eigenvalue weighted by molar-refractivity contribution is -0.114. The summed E-state index contributed by atoms with van der Waals surface area (Å²) in [6, 6.07) is 17.3. The SMILES string of the molecule is CC1=NN(c2ccccc2)C(=O)/C1=C/c1ccc(OC2CSC2)cc1. The molecule has 0 bridgehead atoms. The normalized spacial score (nSPS) is 19.1. The number of hydrogen-bond acceptors (Lipinski definition) is 4. The van der Waals surface area contributed by atoms with Crippen LogP contribution >= 0.6 is 11.8 Å². The predicted octanol–water partition coefficient (Wildman–Crippen LogP) is 3.99. The van der Waals surface area contributed by atoms with Crippen LogP contribution in [0.15, 0.2) is 65.3 Å². The topological polar surface area (TPSA) is 41.9 Å². The molecule has 2 aromatic rings. The van der Waals surface area contributed by atoms with Crippen molar-refractivity contribution < 1.29 is 9.53 Å². The lowest BCUT2D eigenvalue weighted by Crippen LogP contribution is -2.30. The van der Waals surface area contributed by atoms with Gasteiger partial charge in [-0.15, -0.1) is 0 Å². The first-order valence-corrected chi connectivity index (χ1v) is 9.37. The molecule has 0 atom stereocenters. The molecular weight excluding hydrogens is 332 g/mol. The van der Waals surface area contributed by atoms with E-state index in [9.17, 15) is 4.79 Å². The molecule has 0 unspecified atom stereocenters. The van der Waals surface area contributed by atoms with Crippen LogP contribution in [-0.4, -0.2) is 29.2 Å². The number of nitrogens with zero attached hydrogens (tertiary/aromatic N) is 2. The fourth-order valence-electron chi connectivity index (χ4n) is 2.71. The smallest absolute Gasteiger partial charge is 0.280 e. The molecule has 4 rings (SSSR count). The quantitative estimate of drug-likeness (QED) is 0.783. The Balaban J connectivity index is 1.53. The molecule has 0 aromatic heterocycles. The largest absolute Gasteiger partial charge is 0.489 e. The van der Waals surface area contributed by atoms with E-state index in [1.54, 1.807) is 0 Å². The summed E-state index contributed by atoms with van der Waals surface area (Å²) in [6.45, 7) is 1.86. The number of hydrogen-bond donors (Lipinski definition) is 0. The summed E-state index contributed by atoms with van der Waals surface area (Å²) in [5.74, 6) is 2.90. The van der Waals surface area contributed by atoms with E-state index in [2.05, 4.69) is 5.10 Å². The number of hydrazone groups is 1. The summed E-state index contributed by atoms with van der Waals surface area (Å²) in [5, 5.41) is 5.85. The van der Waals surface area contributed by atoms with Crippen molar-refractivity contribution in [2.45, 2.75) is 13.0 Å². The summed E-state index contributed by atoms with van der Waals surface area (Å²) < 4.78 is 5.85. The van der Waals surface area contributed by atoms with Gasteiger partial charge >= 0.3 is 0 Å². The van der Waals surface area contributed by atoms with Crippen LogP contribution in [0.25, 0.3) is 6.08 Å². The van der Waals surface area contributed by atoms with Crippen LogP contribution in [0.1, 0.15) is 12.5 Å². The first-order chi connectivity index (χ1) is 12.2. The summed E-state index contributed by atoms with van der Waals surface area (Å²) >= 11 is 1.90. The second-order valence-electron chi connectivity index (χ2n) is 6.04. The lowest BCUT2D eigenvalue weighted by atomic mass is 10.1. The zero-order chi connectivity index (χ0) is 17.2. The van der Waals surface area contributed by atoms with Crippen molar-refractivity contribution in [3.05, 3.63) is 65.7 Å². The Morgan fingerprint density at radius 1 is 1.12 bits per heavy atom. The summed E-state index contributed by atoms with van der Waals surface area (Å²) in [5.41, 5.74) is 3.08. The van der Waals surface area contributed by atoms with Crippen LogP contribution in [0.4, 0.5) is 5.69 Å². The maximum atomic E-state index is 12.7. The molecule has 5 heteroatoms. The van der Waals surface area contributed by atoms with Crippen molar-refractivity contribution in [2.75, 3.05) is 16.5 Å². The van der Waals surface area contributed by atoms with Gasteiger partial charge in [-0.1, -0.05) is 30.3 Å². The minimum atomic E-state index is -0.101. The van der Waals surface area contributed by atoms with Crippen LogP contribution in [-0.2, 0) is 4.79 Å². The second kappa shape index (κ2) is 6.76. The van der Waals surface area contributed by atoms with Crippen LogP contribution in [0.3, 0.4) is 0 Å². The maximum Gasteiger partial charge on any atom is 0.280 e. The number of carbonyl (C=O) groups excluding carboxylic acids is 1. The highest BCUT2D eigenvalue weighted by molar-refractivity contribution is 8.00. The van der Waals surface area contributed by atoms with E-state index in [0.717, 1.165) is 34.2 Å². The Labute approximate surface area is 151 Å². The van der Waals surface area contributed by atoms with Crippen LogP contribution in [0.5, 0.6) is 5.75 Å². The van der Waals surface area contributed by atoms with Crippen molar-refractivity contribution >= 4 is 35.1 Å². The van der Waals surface area contributed by atoms with Crippen LogP contribution in [0.2, 0.25) is 0 Å². The average Bonchev–Trinajstić information content (AvgIpc) is 2.88. The van der Waals surface area contributed by atoms with Gasteiger partial charge in [0.05, 0.1) is 17.0 Å². The van der Waals surface area contributed by atoms with Crippen molar-refractivity contribution in [1.29, 1.82) is 0 Å². The highest BCUT2D eigenvalue weighted by Gasteiger charge is 2.28. The molecule has 2 aliphatic heterocycles. The molecule has 2 heterocycles. The molecule has 25 heavy (non-hydrogen) atoms. The molecule has 2 aromatic carbocycles. The zero-order valence-corrected chi connectivity index (χ0v) is 14.7. The Bertz CT molecular complexity index is 840. The Kier molecular flexibility index (Phi) is 4.32. The highest BCUT2D eigenvalue weighted by atomic mass is 32.2. The van der Waals surface area contributed by atoms with E-state index in [1.807, 2.05) is 79.4 Å². The number of carbonyl (C=O) groups is 1. The predicted molar refractivity (Wildman–Crippen MR) is 103 cm³/mol. The van der Waals surface area contributed by atoms with Gasteiger partial charge in [0.2, 0.25) is 0 Å². The number of rotatable bonds is 4. The molecule has 1 fully saturated rings. The van der Waals surface area contributed by atoms with Gasteiger partial charge in [-0.3, -0.25) is 4.79 Å². The number of thioether (sulfide) groups is 1. The summed E-state index contributed by atoms with van der Waals surface area (Å²) in [6.07, 6.45) is 2.21. The first-order valence-electron chi connectivity index (χ1n) is 8.22. The number of ether oxygens (including phenoxy) is 1. The Morgan fingerprint density at radius 2 is 1.84 bits per heavy atom. The third-order valence-electron chi connectivity index (χ3n) is 4.16. The van der Waals surface area contributed by atoms with Gasteiger partial charge < -0.3 is 4.74 Å². The third kappa shape index (κ3) is 3.33. The van der Waals surface area contributed by atoms with E-state index >= 15 is 0 Å². The van der Waals surface area contributed by atoms with Gasteiger partial charge in [-0.05, 0) is 42.8 Å². The average molecular weight is 350 g/mol. The molecule has 1 amide bonds.